The van der Waals surface area contributed by atoms with Gasteiger partial charge in [0.1, 0.15) is 11.4 Å². The Kier molecular flexibility index (Phi) is 6.55. The first-order chi connectivity index (χ1) is 11.3. The fourth-order valence-electron chi connectivity index (χ4n) is 1.95. The Hall–Kier alpha value is -2.80. The molecule has 0 aromatic heterocycles. The SMILES string of the molecule is C=CC(=O)N(C=C)c1ccc(NC(=O)[C@](C)(CC=N)NC)c(F)c1. The molecule has 0 aliphatic carbocycles. The van der Waals surface area contributed by atoms with Crippen LogP contribution in [0.15, 0.2) is 43.6 Å². The Morgan fingerprint density at radius 3 is 2.54 bits per heavy atom. The number of halogens is 1. The summed E-state index contributed by atoms with van der Waals surface area (Å²) in [4.78, 5) is 25.1. The van der Waals surface area contributed by atoms with E-state index in [2.05, 4.69) is 23.8 Å². The van der Waals surface area contributed by atoms with Crippen molar-refractivity contribution >= 4 is 29.4 Å². The molecular weight excluding hydrogens is 311 g/mol. The molecule has 0 heterocycles. The Balaban J connectivity index is 3.06. The number of nitrogens with one attached hydrogen (secondary N) is 3. The second-order valence-electron chi connectivity index (χ2n) is 5.20. The molecule has 0 saturated heterocycles. The molecule has 0 saturated carbocycles. The number of nitrogens with zero attached hydrogens (tertiary/aromatic N) is 1. The molecule has 128 valence electrons. The third-order valence-corrected chi connectivity index (χ3v) is 3.64. The Labute approximate surface area is 140 Å². The van der Waals surface area contributed by atoms with Crippen LogP contribution in [0.3, 0.4) is 0 Å². The van der Waals surface area contributed by atoms with Crippen molar-refractivity contribution in [3.63, 3.8) is 0 Å². The molecular formula is C17H21FN4O2. The first-order valence-corrected chi connectivity index (χ1v) is 7.20. The zero-order valence-corrected chi connectivity index (χ0v) is 13.7. The average Bonchev–Trinajstić information content (AvgIpc) is 2.57. The summed E-state index contributed by atoms with van der Waals surface area (Å²) in [6.07, 6.45) is 3.61. The van der Waals surface area contributed by atoms with Gasteiger partial charge in [-0.05, 0) is 38.4 Å². The van der Waals surface area contributed by atoms with Crippen LogP contribution in [0.4, 0.5) is 15.8 Å². The first kappa shape index (κ1) is 19.2. The van der Waals surface area contributed by atoms with E-state index in [1.807, 2.05) is 0 Å². The highest BCUT2D eigenvalue weighted by Gasteiger charge is 2.30. The van der Waals surface area contributed by atoms with Crippen LogP contribution in [0, 0.1) is 11.2 Å². The second kappa shape index (κ2) is 8.16. The lowest BCUT2D eigenvalue weighted by Gasteiger charge is -2.26. The molecule has 1 atom stereocenters. The summed E-state index contributed by atoms with van der Waals surface area (Å²) < 4.78 is 14.3. The molecule has 24 heavy (non-hydrogen) atoms. The van der Waals surface area contributed by atoms with Crippen LogP contribution < -0.4 is 15.5 Å². The van der Waals surface area contributed by atoms with E-state index in [0.29, 0.717) is 0 Å². The standard InChI is InChI=1S/C17H21FN4O2/c1-5-15(23)22(6-2)12-7-8-14(13(18)11-12)21-16(24)17(3,20-4)9-10-19/h5-8,10-11,19-20H,1-2,9H2,3-4H3,(H,21,24)/t17-/m0/s1. The van der Waals surface area contributed by atoms with Crippen molar-refractivity contribution < 1.29 is 14.0 Å². The molecule has 0 radical (unpaired) electrons. The highest BCUT2D eigenvalue weighted by molar-refractivity contribution is 6.03. The number of anilines is 2. The van der Waals surface area contributed by atoms with Gasteiger partial charge < -0.3 is 16.0 Å². The van der Waals surface area contributed by atoms with E-state index in [4.69, 9.17) is 5.41 Å². The summed E-state index contributed by atoms with van der Waals surface area (Å²) in [5.41, 5.74) is -0.787. The summed E-state index contributed by atoms with van der Waals surface area (Å²) in [6.45, 7) is 8.49. The molecule has 0 fully saturated rings. The van der Waals surface area contributed by atoms with Crippen molar-refractivity contribution in [2.75, 3.05) is 17.3 Å². The predicted octanol–water partition coefficient (Wildman–Crippen LogP) is 2.44. The summed E-state index contributed by atoms with van der Waals surface area (Å²) in [5.74, 6) is -1.62. The Bertz CT molecular complexity index is 675. The molecule has 0 bridgehead atoms. The van der Waals surface area contributed by atoms with Gasteiger partial charge in [-0.2, -0.15) is 0 Å². The van der Waals surface area contributed by atoms with Crippen LogP contribution in [0.5, 0.6) is 0 Å². The molecule has 1 aromatic carbocycles. The minimum atomic E-state index is -1.03. The van der Waals surface area contributed by atoms with Crippen molar-refractivity contribution in [2.45, 2.75) is 18.9 Å². The third-order valence-electron chi connectivity index (χ3n) is 3.64. The Morgan fingerprint density at radius 2 is 2.08 bits per heavy atom. The maximum atomic E-state index is 14.3. The van der Waals surface area contributed by atoms with Crippen LogP contribution in [-0.2, 0) is 9.59 Å². The first-order valence-electron chi connectivity index (χ1n) is 7.20. The summed E-state index contributed by atoms with van der Waals surface area (Å²) in [5, 5.41) is 12.5. The Morgan fingerprint density at radius 1 is 1.42 bits per heavy atom. The number of carbonyl (C=O) groups is 2. The molecule has 0 aliphatic heterocycles. The lowest BCUT2D eigenvalue weighted by atomic mass is 9.97. The minimum absolute atomic E-state index is 0.0229. The molecule has 2 amide bonds. The minimum Gasteiger partial charge on any atom is -0.322 e. The topological polar surface area (TPSA) is 85.3 Å². The molecule has 1 aromatic rings. The fourth-order valence-corrected chi connectivity index (χ4v) is 1.95. The smallest absolute Gasteiger partial charge is 0.254 e. The van der Waals surface area contributed by atoms with Crippen LogP contribution in [0.1, 0.15) is 13.3 Å². The average molecular weight is 332 g/mol. The quantitative estimate of drug-likeness (QED) is 0.505. The fraction of sp³-hybridized carbons (Fsp3) is 0.235. The van der Waals surface area contributed by atoms with Gasteiger partial charge in [-0.1, -0.05) is 13.2 Å². The lowest BCUT2D eigenvalue weighted by molar-refractivity contribution is -0.121. The van der Waals surface area contributed by atoms with E-state index in [9.17, 15) is 14.0 Å². The van der Waals surface area contributed by atoms with Crippen molar-refractivity contribution in [1.82, 2.24) is 5.32 Å². The van der Waals surface area contributed by atoms with Gasteiger partial charge in [-0.15, -0.1) is 0 Å². The molecule has 6 nitrogen and oxygen atoms in total. The number of benzene rings is 1. The van der Waals surface area contributed by atoms with Crippen molar-refractivity contribution in [3.8, 4) is 0 Å². The largest absolute Gasteiger partial charge is 0.322 e. The monoisotopic (exact) mass is 332 g/mol. The highest BCUT2D eigenvalue weighted by Crippen LogP contribution is 2.24. The molecule has 7 heteroatoms. The number of carbonyl (C=O) groups excluding carboxylic acids is 2. The summed E-state index contributed by atoms with van der Waals surface area (Å²) in [7, 11) is 1.59. The normalized spacial score (nSPS) is 12.6. The van der Waals surface area contributed by atoms with E-state index in [-0.39, 0.29) is 17.8 Å². The van der Waals surface area contributed by atoms with Crippen LogP contribution >= 0.6 is 0 Å². The number of rotatable bonds is 8. The van der Waals surface area contributed by atoms with Gasteiger partial charge in [-0.25, -0.2) is 4.39 Å². The van der Waals surface area contributed by atoms with Gasteiger partial charge in [-0.3, -0.25) is 14.5 Å². The number of likely N-dealkylation sites (N-methyl/N-ethyl adjacent to an activating group) is 1. The zero-order chi connectivity index (χ0) is 18.3. The maximum absolute atomic E-state index is 14.3. The molecule has 3 N–H and O–H groups in total. The molecule has 0 aliphatic rings. The summed E-state index contributed by atoms with van der Waals surface area (Å²) >= 11 is 0. The van der Waals surface area contributed by atoms with Gasteiger partial charge in [0.05, 0.1) is 11.4 Å². The summed E-state index contributed by atoms with van der Waals surface area (Å²) in [6, 6.07) is 3.96. The molecule has 0 unspecified atom stereocenters. The number of hydrogen-bond donors (Lipinski definition) is 3. The van der Waals surface area contributed by atoms with E-state index < -0.39 is 23.2 Å². The van der Waals surface area contributed by atoms with E-state index in [1.165, 1.54) is 18.3 Å². The number of hydrogen-bond acceptors (Lipinski definition) is 4. The van der Waals surface area contributed by atoms with Crippen LogP contribution in [0.25, 0.3) is 0 Å². The maximum Gasteiger partial charge on any atom is 0.254 e. The van der Waals surface area contributed by atoms with Gasteiger partial charge in [0.25, 0.3) is 5.91 Å². The van der Waals surface area contributed by atoms with Crippen molar-refractivity contribution in [2.24, 2.45) is 0 Å². The van der Waals surface area contributed by atoms with Gasteiger partial charge >= 0.3 is 0 Å². The molecule has 0 spiro atoms. The highest BCUT2D eigenvalue weighted by atomic mass is 19.1. The second-order valence-corrected chi connectivity index (χ2v) is 5.20. The lowest BCUT2D eigenvalue weighted by Crippen LogP contribution is -2.51. The van der Waals surface area contributed by atoms with Crippen molar-refractivity contribution in [1.29, 1.82) is 5.41 Å². The van der Waals surface area contributed by atoms with E-state index in [0.717, 1.165) is 23.3 Å². The number of amides is 2. The third kappa shape index (κ3) is 4.14. The van der Waals surface area contributed by atoms with Gasteiger partial charge in [0.15, 0.2) is 0 Å². The van der Waals surface area contributed by atoms with Gasteiger partial charge in [0, 0.05) is 18.7 Å². The van der Waals surface area contributed by atoms with E-state index >= 15 is 0 Å². The van der Waals surface area contributed by atoms with Gasteiger partial charge in [0.2, 0.25) is 5.91 Å². The van der Waals surface area contributed by atoms with Crippen LogP contribution in [0.2, 0.25) is 0 Å². The predicted molar refractivity (Wildman–Crippen MR) is 93.8 cm³/mol. The van der Waals surface area contributed by atoms with Crippen molar-refractivity contribution in [3.05, 3.63) is 49.5 Å². The van der Waals surface area contributed by atoms with Crippen LogP contribution in [-0.4, -0.2) is 30.6 Å². The molecule has 1 rings (SSSR count). The van der Waals surface area contributed by atoms with E-state index in [1.54, 1.807) is 14.0 Å². The zero-order valence-electron chi connectivity index (χ0n) is 13.7.